The van der Waals surface area contributed by atoms with Crippen molar-refractivity contribution in [3.05, 3.63) is 27.7 Å². The molecule has 0 fully saturated rings. The van der Waals surface area contributed by atoms with Crippen LogP contribution < -0.4 is 10.2 Å². The average Bonchev–Trinajstić information content (AvgIpc) is 2.16. The molecule has 0 saturated heterocycles. The average molecular weight is 297 g/mol. The second kappa shape index (κ2) is 4.70. The van der Waals surface area contributed by atoms with Crippen LogP contribution in [0.5, 0.6) is 5.75 Å². The van der Waals surface area contributed by atoms with Gasteiger partial charge in [-0.3, -0.25) is 4.79 Å². The van der Waals surface area contributed by atoms with Crippen molar-refractivity contribution < 1.29 is 39.9 Å². The topological polar surface area (TPSA) is 42.1 Å². The molecule has 0 bridgehead atoms. The zero-order valence-electron chi connectivity index (χ0n) is 8.49. The van der Waals surface area contributed by atoms with Crippen LogP contribution in [0.25, 0.3) is 0 Å². The molecule has 3 nitrogen and oxygen atoms in total. The molecule has 0 aliphatic heterocycles. The smallest absolute Gasteiger partial charge is 0.399 e. The highest BCUT2D eigenvalue weighted by molar-refractivity contribution is 5.34. The zero-order chi connectivity index (χ0) is 15.0. The van der Waals surface area contributed by atoms with Crippen molar-refractivity contribution in [2.75, 3.05) is 0 Å². The van der Waals surface area contributed by atoms with Gasteiger partial charge < -0.3 is 9.72 Å². The second-order valence-electron chi connectivity index (χ2n) is 3.12. The Balaban J connectivity index is 3.52. The van der Waals surface area contributed by atoms with Crippen molar-refractivity contribution in [1.29, 1.82) is 0 Å². The van der Waals surface area contributed by atoms with Gasteiger partial charge in [0.2, 0.25) is 11.2 Å². The highest BCUT2D eigenvalue weighted by Crippen LogP contribution is 2.35. The van der Waals surface area contributed by atoms with Gasteiger partial charge in [-0.1, -0.05) is 0 Å². The molecule has 1 aromatic rings. The minimum Gasteiger partial charge on any atom is -0.399 e. The molecule has 1 rings (SSSR count). The van der Waals surface area contributed by atoms with Crippen LogP contribution in [0.1, 0.15) is 17.7 Å². The Morgan fingerprint density at radius 2 is 1.63 bits per heavy atom. The highest BCUT2D eigenvalue weighted by atomic mass is 19.4. The number of hydrogen-bond acceptors (Lipinski definition) is 2. The first-order chi connectivity index (χ1) is 8.43. The van der Waals surface area contributed by atoms with Crippen molar-refractivity contribution >= 4 is 0 Å². The lowest BCUT2D eigenvalue weighted by molar-refractivity contribution is -0.277. The Kier molecular flexibility index (Phi) is 3.77. The van der Waals surface area contributed by atoms with E-state index >= 15 is 0 Å². The van der Waals surface area contributed by atoms with Crippen LogP contribution in [0.3, 0.4) is 0 Å². The number of pyridine rings is 1. The van der Waals surface area contributed by atoms with E-state index in [-0.39, 0.29) is 6.20 Å². The number of alkyl halides is 8. The number of ether oxygens (including phenoxy) is 1. The predicted molar refractivity (Wildman–Crippen MR) is 43.7 cm³/mol. The maximum Gasteiger partial charge on any atom is 0.573 e. The predicted octanol–water partition coefficient (Wildman–Crippen LogP) is 3.23. The molecule has 1 aromatic heterocycles. The summed E-state index contributed by atoms with van der Waals surface area (Å²) in [5, 5.41) is 0. The first-order valence-electron chi connectivity index (χ1n) is 4.30. The molecule has 0 saturated carbocycles. The molecule has 1 heterocycles. The Morgan fingerprint density at radius 1 is 1.11 bits per heavy atom. The van der Waals surface area contributed by atoms with E-state index in [9.17, 15) is 39.9 Å². The minimum atomic E-state index is -5.63. The van der Waals surface area contributed by atoms with Crippen molar-refractivity contribution in [2.45, 2.75) is 19.0 Å². The molecule has 0 unspecified atom stereocenters. The van der Waals surface area contributed by atoms with Gasteiger partial charge in [-0.05, 0) is 0 Å². The summed E-state index contributed by atoms with van der Waals surface area (Å²) in [7, 11) is 0. The standard InChI is InChI=1S/C8H3F8NO2/c9-6(10)2-1-17-5(7(11,12)13)4(3(2)18)19-8(14,15)16/h1,6H,(H,17,18). The van der Waals surface area contributed by atoms with Gasteiger partial charge in [0.1, 0.15) is 0 Å². The molecule has 0 radical (unpaired) electrons. The van der Waals surface area contributed by atoms with E-state index in [1.165, 1.54) is 0 Å². The lowest BCUT2D eigenvalue weighted by Crippen LogP contribution is -2.27. The van der Waals surface area contributed by atoms with Gasteiger partial charge in [0.15, 0.2) is 5.69 Å². The third-order valence-corrected chi connectivity index (χ3v) is 1.80. The van der Waals surface area contributed by atoms with Crippen molar-refractivity contribution in [1.82, 2.24) is 4.98 Å². The summed E-state index contributed by atoms with van der Waals surface area (Å²) < 4.78 is 100. The van der Waals surface area contributed by atoms with Crippen molar-refractivity contribution in [2.24, 2.45) is 0 Å². The number of aromatic amines is 1. The number of nitrogens with one attached hydrogen (secondary N) is 1. The maximum atomic E-state index is 12.3. The minimum absolute atomic E-state index is 0.0148. The molecule has 0 aliphatic carbocycles. The quantitative estimate of drug-likeness (QED) is 0.852. The molecule has 0 aliphatic rings. The van der Waals surface area contributed by atoms with E-state index < -0.39 is 41.4 Å². The van der Waals surface area contributed by atoms with Crippen molar-refractivity contribution in [3.8, 4) is 5.75 Å². The third kappa shape index (κ3) is 3.58. The molecule has 108 valence electrons. The summed E-state index contributed by atoms with van der Waals surface area (Å²) >= 11 is 0. The van der Waals surface area contributed by atoms with E-state index in [0.29, 0.717) is 0 Å². The molecule has 0 atom stereocenters. The SMILES string of the molecule is O=c1c(C(F)F)c[nH]c(C(F)(F)F)c1OC(F)(F)F. The monoisotopic (exact) mass is 297 g/mol. The number of halogens is 8. The summed E-state index contributed by atoms with van der Waals surface area (Å²) in [5.74, 6) is -2.27. The van der Waals surface area contributed by atoms with Crippen LogP contribution in [0.4, 0.5) is 35.1 Å². The second-order valence-corrected chi connectivity index (χ2v) is 3.12. The zero-order valence-corrected chi connectivity index (χ0v) is 8.49. The normalized spacial score (nSPS) is 12.9. The lowest BCUT2D eigenvalue weighted by Gasteiger charge is -2.15. The Bertz CT molecular complexity index is 515. The first-order valence-corrected chi connectivity index (χ1v) is 4.30. The maximum absolute atomic E-state index is 12.3. The van der Waals surface area contributed by atoms with Gasteiger partial charge in [-0.2, -0.15) is 13.2 Å². The summed E-state index contributed by atoms with van der Waals surface area (Å²) in [6, 6.07) is 0. The Morgan fingerprint density at radius 3 is 2.00 bits per heavy atom. The van der Waals surface area contributed by atoms with Gasteiger partial charge in [0, 0.05) is 6.20 Å². The van der Waals surface area contributed by atoms with E-state index in [1.807, 2.05) is 0 Å². The molecule has 19 heavy (non-hydrogen) atoms. The summed E-state index contributed by atoms with van der Waals surface area (Å²) in [6.07, 6.45) is -14.6. The van der Waals surface area contributed by atoms with Crippen LogP contribution >= 0.6 is 0 Å². The molecule has 0 spiro atoms. The van der Waals surface area contributed by atoms with E-state index in [0.717, 1.165) is 4.98 Å². The Hall–Kier alpha value is -1.81. The van der Waals surface area contributed by atoms with E-state index in [4.69, 9.17) is 0 Å². The largest absolute Gasteiger partial charge is 0.573 e. The fourth-order valence-corrected chi connectivity index (χ4v) is 1.11. The summed E-state index contributed by atoms with van der Waals surface area (Å²) in [4.78, 5) is 12.3. The fraction of sp³-hybridized carbons (Fsp3) is 0.375. The molecular weight excluding hydrogens is 294 g/mol. The van der Waals surface area contributed by atoms with Gasteiger partial charge in [-0.25, -0.2) is 8.78 Å². The number of aromatic nitrogens is 1. The lowest BCUT2D eigenvalue weighted by atomic mass is 10.2. The molecule has 1 N–H and O–H groups in total. The van der Waals surface area contributed by atoms with E-state index in [1.54, 1.807) is 0 Å². The van der Waals surface area contributed by atoms with Crippen LogP contribution in [-0.2, 0) is 6.18 Å². The van der Waals surface area contributed by atoms with Crippen LogP contribution in [0.2, 0.25) is 0 Å². The first kappa shape index (κ1) is 15.2. The number of rotatable bonds is 2. The Labute approximate surface area is 98.3 Å². The highest BCUT2D eigenvalue weighted by Gasteiger charge is 2.42. The molecule has 0 amide bonds. The number of hydrogen-bond donors (Lipinski definition) is 1. The van der Waals surface area contributed by atoms with Crippen molar-refractivity contribution in [3.63, 3.8) is 0 Å². The van der Waals surface area contributed by atoms with Crippen LogP contribution in [-0.4, -0.2) is 11.3 Å². The van der Waals surface area contributed by atoms with Gasteiger partial charge in [0.05, 0.1) is 5.56 Å². The van der Waals surface area contributed by atoms with E-state index in [2.05, 4.69) is 4.74 Å². The van der Waals surface area contributed by atoms with Crippen LogP contribution in [0, 0.1) is 0 Å². The van der Waals surface area contributed by atoms with Crippen LogP contribution in [0.15, 0.2) is 11.0 Å². The fourth-order valence-electron chi connectivity index (χ4n) is 1.11. The molecule has 0 aromatic carbocycles. The van der Waals surface area contributed by atoms with Gasteiger partial charge >= 0.3 is 12.5 Å². The third-order valence-electron chi connectivity index (χ3n) is 1.80. The molecular formula is C8H3F8NO2. The number of H-pyrrole nitrogens is 1. The summed E-state index contributed by atoms with van der Waals surface area (Å²) in [5.41, 5.74) is -5.94. The molecule has 11 heteroatoms. The summed E-state index contributed by atoms with van der Waals surface area (Å²) in [6.45, 7) is 0. The van der Waals surface area contributed by atoms with Gasteiger partial charge in [-0.15, -0.1) is 13.2 Å². The van der Waals surface area contributed by atoms with Gasteiger partial charge in [0.25, 0.3) is 6.43 Å².